The minimum absolute atomic E-state index is 0.0452. The number of carbonyl (C=O) groups is 1. The SMILES string of the molecule is CCCCC1=NN(C(=O)c2ccccc2F)[C@](O)(C(F)(F)F)C1. The van der Waals surface area contributed by atoms with E-state index in [4.69, 9.17) is 0 Å². The van der Waals surface area contributed by atoms with Gasteiger partial charge in [-0.15, -0.1) is 0 Å². The summed E-state index contributed by atoms with van der Waals surface area (Å²) in [4.78, 5) is 12.3. The molecule has 1 N–H and O–H groups in total. The van der Waals surface area contributed by atoms with Crippen molar-refractivity contribution in [1.29, 1.82) is 0 Å². The number of alkyl halides is 3. The Labute approximate surface area is 130 Å². The molecule has 0 aromatic heterocycles. The standard InChI is InChI=1S/C15H16F4N2O2/c1-2-3-6-10-9-14(23,15(17,18)19)21(20-10)13(22)11-7-4-5-8-12(11)16/h4-5,7-8,23H,2-3,6,9H2,1H3/t14-/m1/s1. The fourth-order valence-corrected chi connectivity index (χ4v) is 2.32. The largest absolute Gasteiger partial charge is 0.438 e. The number of hydrazone groups is 1. The summed E-state index contributed by atoms with van der Waals surface area (Å²) in [5.41, 5.74) is -3.96. The third kappa shape index (κ3) is 3.21. The van der Waals surface area contributed by atoms with Crippen molar-refractivity contribution in [2.45, 2.75) is 44.5 Å². The monoisotopic (exact) mass is 332 g/mol. The van der Waals surface area contributed by atoms with Crippen molar-refractivity contribution in [3.63, 3.8) is 0 Å². The van der Waals surface area contributed by atoms with Crippen LogP contribution in [0.1, 0.15) is 43.0 Å². The van der Waals surface area contributed by atoms with Crippen LogP contribution in [-0.4, -0.2) is 33.6 Å². The van der Waals surface area contributed by atoms with Gasteiger partial charge in [-0.3, -0.25) is 4.79 Å². The predicted octanol–water partition coefficient (Wildman–Crippen LogP) is 3.47. The lowest BCUT2D eigenvalue weighted by molar-refractivity contribution is -0.297. The van der Waals surface area contributed by atoms with Gasteiger partial charge in [-0.05, 0) is 25.0 Å². The van der Waals surface area contributed by atoms with Crippen LogP contribution in [0.5, 0.6) is 0 Å². The Hall–Kier alpha value is -1.96. The van der Waals surface area contributed by atoms with Crippen molar-refractivity contribution >= 4 is 11.6 Å². The van der Waals surface area contributed by atoms with Gasteiger partial charge in [0.1, 0.15) is 5.82 Å². The molecule has 0 spiro atoms. The van der Waals surface area contributed by atoms with Gasteiger partial charge in [0.05, 0.1) is 5.56 Å². The van der Waals surface area contributed by atoms with Gasteiger partial charge < -0.3 is 5.11 Å². The molecule has 2 rings (SSSR count). The van der Waals surface area contributed by atoms with Gasteiger partial charge in [0, 0.05) is 12.1 Å². The van der Waals surface area contributed by atoms with Gasteiger partial charge in [-0.1, -0.05) is 25.5 Å². The molecule has 0 aliphatic carbocycles. The zero-order valence-electron chi connectivity index (χ0n) is 12.4. The molecule has 23 heavy (non-hydrogen) atoms. The molecule has 0 unspecified atom stereocenters. The van der Waals surface area contributed by atoms with E-state index in [0.29, 0.717) is 6.42 Å². The van der Waals surface area contributed by atoms with E-state index in [1.807, 2.05) is 6.92 Å². The Morgan fingerprint density at radius 1 is 1.39 bits per heavy atom. The van der Waals surface area contributed by atoms with E-state index in [1.165, 1.54) is 12.1 Å². The maximum Gasteiger partial charge on any atom is 0.438 e. The summed E-state index contributed by atoms with van der Waals surface area (Å²) < 4.78 is 53.5. The predicted molar refractivity (Wildman–Crippen MR) is 75.2 cm³/mol. The quantitative estimate of drug-likeness (QED) is 0.859. The van der Waals surface area contributed by atoms with Gasteiger partial charge in [-0.25, -0.2) is 4.39 Å². The number of rotatable bonds is 4. The molecule has 1 amide bonds. The summed E-state index contributed by atoms with van der Waals surface area (Å²) in [6.45, 7) is 1.85. The fraction of sp³-hybridized carbons (Fsp3) is 0.467. The lowest BCUT2D eigenvalue weighted by Crippen LogP contribution is -2.56. The number of halogens is 4. The normalized spacial score (nSPS) is 21.5. The van der Waals surface area contributed by atoms with E-state index in [1.54, 1.807) is 0 Å². The second kappa shape index (κ2) is 6.27. The molecule has 1 aliphatic heterocycles. The molecule has 0 fully saturated rings. The van der Waals surface area contributed by atoms with Gasteiger partial charge in [0.15, 0.2) is 0 Å². The van der Waals surface area contributed by atoms with Crippen LogP contribution in [0.3, 0.4) is 0 Å². The molecular formula is C15H16F4N2O2. The molecule has 0 saturated carbocycles. The van der Waals surface area contributed by atoms with Crippen molar-refractivity contribution in [2.24, 2.45) is 5.10 Å². The highest BCUT2D eigenvalue weighted by atomic mass is 19.4. The van der Waals surface area contributed by atoms with Crippen LogP contribution in [0.4, 0.5) is 17.6 Å². The summed E-state index contributed by atoms with van der Waals surface area (Å²) in [6.07, 6.45) is -4.39. The molecule has 1 heterocycles. The van der Waals surface area contributed by atoms with Crippen LogP contribution in [0.2, 0.25) is 0 Å². The third-order valence-corrected chi connectivity index (χ3v) is 3.61. The van der Waals surface area contributed by atoms with Crippen LogP contribution in [-0.2, 0) is 0 Å². The van der Waals surface area contributed by atoms with E-state index in [0.717, 1.165) is 18.6 Å². The number of benzene rings is 1. The first-order valence-electron chi connectivity index (χ1n) is 7.15. The van der Waals surface area contributed by atoms with E-state index < -0.39 is 35.6 Å². The fourth-order valence-electron chi connectivity index (χ4n) is 2.32. The summed E-state index contributed by atoms with van der Waals surface area (Å²) in [7, 11) is 0. The van der Waals surface area contributed by atoms with Gasteiger partial charge in [-0.2, -0.15) is 23.3 Å². The van der Waals surface area contributed by atoms with Gasteiger partial charge in [0.25, 0.3) is 11.6 Å². The summed E-state index contributed by atoms with van der Waals surface area (Å²) >= 11 is 0. The van der Waals surface area contributed by atoms with Gasteiger partial charge in [0.2, 0.25) is 0 Å². The first-order valence-corrected chi connectivity index (χ1v) is 7.15. The Bertz CT molecular complexity index is 630. The lowest BCUT2D eigenvalue weighted by atomic mass is 10.0. The van der Waals surface area contributed by atoms with E-state index >= 15 is 0 Å². The van der Waals surface area contributed by atoms with Crippen LogP contribution < -0.4 is 0 Å². The second-order valence-corrected chi connectivity index (χ2v) is 5.36. The number of hydrogen-bond acceptors (Lipinski definition) is 3. The van der Waals surface area contributed by atoms with Crippen molar-refractivity contribution in [1.82, 2.24) is 5.01 Å². The van der Waals surface area contributed by atoms with E-state index in [-0.39, 0.29) is 17.1 Å². The van der Waals surface area contributed by atoms with E-state index in [9.17, 15) is 27.5 Å². The smallest absolute Gasteiger partial charge is 0.362 e. The zero-order chi connectivity index (χ0) is 17.3. The Morgan fingerprint density at radius 2 is 2.04 bits per heavy atom. The zero-order valence-corrected chi connectivity index (χ0v) is 12.4. The highest BCUT2D eigenvalue weighted by Gasteiger charge is 2.63. The molecule has 8 heteroatoms. The van der Waals surface area contributed by atoms with Crippen molar-refractivity contribution in [2.75, 3.05) is 0 Å². The van der Waals surface area contributed by atoms with Crippen LogP contribution >= 0.6 is 0 Å². The average Bonchev–Trinajstić information content (AvgIpc) is 2.83. The van der Waals surface area contributed by atoms with E-state index in [2.05, 4.69) is 5.10 Å². The summed E-state index contributed by atoms with van der Waals surface area (Å²) in [5, 5.41) is 13.6. The maximum atomic E-state index is 13.7. The van der Waals surface area contributed by atoms with Crippen molar-refractivity contribution in [3.05, 3.63) is 35.6 Å². The molecule has 4 nitrogen and oxygen atoms in total. The van der Waals surface area contributed by atoms with Crippen LogP contribution in [0.25, 0.3) is 0 Å². The minimum Gasteiger partial charge on any atom is -0.362 e. The molecule has 0 saturated heterocycles. The highest BCUT2D eigenvalue weighted by molar-refractivity contribution is 5.98. The molecule has 0 radical (unpaired) electrons. The Morgan fingerprint density at radius 3 is 2.61 bits per heavy atom. The minimum atomic E-state index is -5.11. The maximum absolute atomic E-state index is 13.7. The Balaban J connectivity index is 2.40. The number of carbonyl (C=O) groups excluding carboxylic acids is 1. The molecule has 1 aromatic carbocycles. The molecule has 0 bridgehead atoms. The number of unbranched alkanes of at least 4 members (excludes halogenated alkanes) is 1. The molecule has 126 valence electrons. The average molecular weight is 332 g/mol. The highest BCUT2D eigenvalue weighted by Crippen LogP contribution is 2.41. The number of hydrogen-bond donors (Lipinski definition) is 1. The first-order chi connectivity index (χ1) is 10.7. The number of nitrogens with zero attached hydrogens (tertiary/aromatic N) is 2. The lowest BCUT2D eigenvalue weighted by Gasteiger charge is -2.32. The number of amides is 1. The molecular weight excluding hydrogens is 316 g/mol. The van der Waals surface area contributed by atoms with Crippen molar-refractivity contribution < 1.29 is 27.5 Å². The third-order valence-electron chi connectivity index (χ3n) is 3.61. The molecule has 1 aliphatic rings. The molecule has 1 atom stereocenters. The molecule has 1 aromatic rings. The second-order valence-electron chi connectivity index (χ2n) is 5.36. The van der Waals surface area contributed by atoms with Gasteiger partial charge >= 0.3 is 6.18 Å². The van der Waals surface area contributed by atoms with Crippen LogP contribution in [0.15, 0.2) is 29.4 Å². The number of aliphatic hydroxyl groups is 1. The topological polar surface area (TPSA) is 52.9 Å². The van der Waals surface area contributed by atoms with Crippen LogP contribution in [0, 0.1) is 5.82 Å². The van der Waals surface area contributed by atoms with Crippen molar-refractivity contribution in [3.8, 4) is 0 Å². The summed E-state index contributed by atoms with van der Waals surface area (Å²) in [6, 6.07) is 4.63. The first kappa shape index (κ1) is 17.4. The Kier molecular flexibility index (Phi) is 4.74. The summed E-state index contributed by atoms with van der Waals surface area (Å²) in [5.74, 6) is -2.30.